The molecule has 0 amide bonds. The molecule has 7 nitrogen and oxygen atoms in total. The monoisotopic (exact) mass is 516 g/mol. The smallest absolute Gasteiger partial charge is 0.203 e. The van der Waals surface area contributed by atoms with Crippen LogP contribution in [0.1, 0.15) is 30.5 Å². The lowest BCUT2D eigenvalue weighted by atomic mass is 10.00. The van der Waals surface area contributed by atoms with Crippen molar-refractivity contribution < 1.29 is 28.5 Å². The maximum Gasteiger partial charge on any atom is 0.203 e. The summed E-state index contributed by atoms with van der Waals surface area (Å²) in [6, 6.07) is 14.4. The molecule has 3 aromatic carbocycles. The standard InChI is InChI=1S/C31H32O7/c1-18(2)11-12-23-29(33)28-24(32)15-22(37-17-20-10-8-7-9-19(20)3)16-25(28)38-30(23)21-13-26(34-4)31(36-6)27(14-21)35-5/h7-11,13-16,32H,12,17H2,1-6H3. The summed E-state index contributed by atoms with van der Waals surface area (Å²) in [4.78, 5) is 13.7. The molecule has 7 heteroatoms. The van der Waals surface area contributed by atoms with Crippen LogP contribution in [0.15, 0.2) is 69.4 Å². The van der Waals surface area contributed by atoms with E-state index < -0.39 is 0 Å². The SMILES string of the molecule is COc1cc(-c2oc3cc(OCc4ccccc4C)cc(O)c3c(=O)c2CC=C(C)C)cc(OC)c1OC. The van der Waals surface area contributed by atoms with Crippen LogP contribution >= 0.6 is 0 Å². The first kappa shape index (κ1) is 26.7. The summed E-state index contributed by atoms with van der Waals surface area (Å²) in [5, 5.41) is 11.0. The summed E-state index contributed by atoms with van der Waals surface area (Å²) < 4.78 is 28.8. The summed E-state index contributed by atoms with van der Waals surface area (Å²) in [6.07, 6.45) is 2.26. The zero-order chi connectivity index (χ0) is 27.4. The van der Waals surface area contributed by atoms with Crippen molar-refractivity contribution in [1.29, 1.82) is 0 Å². The Morgan fingerprint density at radius 2 is 1.66 bits per heavy atom. The molecule has 1 aromatic heterocycles. The Morgan fingerprint density at radius 3 is 2.26 bits per heavy atom. The maximum absolute atomic E-state index is 13.7. The molecule has 0 fully saturated rings. The molecule has 0 atom stereocenters. The molecule has 0 saturated carbocycles. The second-order valence-corrected chi connectivity index (χ2v) is 9.17. The van der Waals surface area contributed by atoms with Crippen LogP contribution in [-0.4, -0.2) is 26.4 Å². The Labute approximate surface area is 221 Å². The summed E-state index contributed by atoms with van der Waals surface area (Å²) in [6.45, 7) is 6.22. The highest BCUT2D eigenvalue weighted by molar-refractivity contribution is 5.87. The van der Waals surface area contributed by atoms with Gasteiger partial charge in [0.1, 0.15) is 34.8 Å². The molecule has 198 valence electrons. The number of ether oxygens (including phenoxy) is 4. The van der Waals surface area contributed by atoms with Crippen molar-refractivity contribution in [1.82, 2.24) is 0 Å². The summed E-state index contributed by atoms with van der Waals surface area (Å²) in [5.41, 5.74) is 4.01. The number of aromatic hydroxyl groups is 1. The number of methoxy groups -OCH3 is 3. The van der Waals surface area contributed by atoms with Crippen molar-refractivity contribution in [2.75, 3.05) is 21.3 Å². The molecule has 1 N–H and O–H groups in total. The predicted molar refractivity (Wildman–Crippen MR) is 148 cm³/mol. The third kappa shape index (κ3) is 5.32. The molecular weight excluding hydrogens is 484 g/mol. The van der Waals surface area contributed by atoms with Gasteiger partial charge in [0, 0.05) is 23.3 Å². The quantitative estimate of drug-likeness (QED) is 0.251. The number of hydrogen-bond donors (Lipinski definition) is 1. The molecule has 4 rings (SSSR count). The fraction of sp³-hybridized carbons (Fsp3) is 0.258. The molecule has 0 spiro atoms. The van der Waals surface area contributed by atoms with E-state index in [1.165, 1.54) is 27.4 Å². The molecule has 0 bridgehead atoms. The van der Waals surface area contributed by atoms with E-state index in [1.54, 1.807) is 18.2 Å². The number of phenols is 1. The minimum atomic E-state index is -0.324. The Kier molecular flexibility index (Phi) is 7.96. The molecule has 0 saturated heterocycles. The van der Waals surface area contributed by atoms with Crippen LogP contribution in [0.2, 0.25) is 0 Å². The van der Waals surface area contributed by atoms with Crippen LogP contribution in [0.5, 0.6) is 28.7 Å². The first-order valence-corrected chi connectivity index (χ1v) is 12.2. The Hall–Kier alpha value is -4.39. The molecule has 0 aliphatic rings. The molecular formula is C31H32O7. The Bertz CT molecular complexity index is 1530. The highest BCUT2D eigenvalue weighted by atomic mass is 16.5. The van der Waals surface area contributed by atoms with Gasteiger partial charge in [-0.2, -0.15) is 0 Å². The number of hydrogen-bond acceptors (Lipinski definition) is 7. The van der Waals surface area contributed by atoms with Gasteiger partial charge in [-0.05, 0) is 50.5 Å². The van der Waals surface area contributed by atoms with Gasteiger partial charge in [-0.25, -0.2) is 0 Å². The van der Waals surface area contributed by atoms with Crippen molar-refractivity contribution in [2.45, 2.75) is 33.8 Å². The van der Waals surface area contributed by atoms with Gasteiger partial charge >= 0.3 is 0 Å². The minimum absolute atomic E-state index is 0.0987. The topological polar surface area (TPSA) is 87.4 Å². The molecule has 0 radical (unpaired) electrons. The lowest BCUT2D eigenvalue weighted by molar-refractivity contribution is 0.303. The molecule has 0 unspecified atom stereocenters. The maximum atomic E-state index is 13.7. The average Bonchev–Trinajstić information content (AvgIpc) is 2.90. The zero-order valence-corrected chi connectivity index (χ0v) is 22.5. The molecule has 0 aliphatic carbocycles. The molecule has 1 heterocycles. The van der Waals surface area contributed by atoms with E-state index in [4.69, 9.17) is 23.4 Å². The normalized spacial score (nSPS) is 10.8. The number of benzene rings is 3. The van der Waals surface area contributed by atoms with E-state index in [-0.39, 0.29) is 22.1 Å². The van der Waals surface area contributed by atoms with E-state index in [0.29, 0.717) is 52.9 Å². The largest absolute Gasteiger partial charge is 0.507 e. The van der Waals surface area contributed by atoms with Crippen LogP contribution in [0.25, 0.3) is 22.3 Å². The van der Waals surface area contributed by atoms with Crippen molar-refractivity contribution in [3.05, 3.63) is 87.1 Å². The van der Waals surface area contributed by atoms with Gasteiger partial charge < -0.3 is 28.5 Å². The van der Waals surface area contributed by atoms with E-state index in [1.807, 2.05) is 51.1 Å². The lowest BCUT2D eigenvalue weighted by Gasteiger charge is -2.16. The van der Waals surface area contributed by atoms with E-state index >= 15 is 0 Å². The Morgan fingerprint density at radius 1 is 0.974 bits per heavy atom. The highest BCUT2D eigenvalue weighted by Crippen LogP contribution is 2.42. The summed E-state index contributed by atoms with van der Waals surface area (Å²) in [5.74, 6) is 1.80. The molecule has 4 aromatic rings. The van der Waals surface area contributed by atoms with Crippen molar-refractivity contribution in [2.24, 2.45) is 0 Å². The Balaban J connectivity index is 1.91. The van der Waals surface area contributed by atoms with Crippen molar-refractivity contribution >= 4 is 11.0 Å². The van der Waals surface area contributed by atoms with Gasteiger partial charge in [0.25, 0.3) is 0 Å². The van der Waals surface area contributed by atoms with Gasteiger partial charge in [0.2, 0.25) is 11.2 Å². The third-order valence-corrected chi connectivity index (χ3v) is 6.34. The van der Waals surface area contributed by atoms with Gasteiger partial charge in [0.15, 0.2) is 11.5 Å². The number of phenolic OH excluding ortho intramolecular Hbond substituents is 1. The first-order chi connectivity index (χ1) is 18.3. The number of fused-ring (bicyclic) bond motifs is 1. The summed E-state index contributed by atoms with van der Waals surface area (Å²) in [7, 11) is 4.58. The van der Waals surface area contributed by atoms with Crippen LogP contribution in [0.4, 0.5) is 0 Å². The fourth-order valence-electron chi connectivity index (χ4n) is 4.26. The van der Waals surface area contributed by atoms with E-state index in [2.05, 4.69) is 0 Å². The minimum Gasteiger partial charge on any atom is -0.507 e. The number of rotatable bonds is 9. The predicted octanol–water partition coefficient (Wildman–Crippen LogP) is 6.59. The highest BCUT2D eigenvalue weighted by Gasteiger charge is 2.22. The second kappa shape index (κ2) is 11.3. The van der Waals surface area contributed by atoms with Gasteiger partial charge in [-0.1, -0.05) is 35.9 Å². The number of allylic oxidation sites excluding steroid dienone is 2. The van der Waals surface area contributed by atoms with Crippen LogP contribution in [-0.2, 0) is 13.0 Å². The van der Waals surface area contributed by atoms with Gasteiger partial charge in [-0.15, -0.1) is 0 Å². The molecule has 38 heavy (non-hydrogen) atoms. The number of aryl methyl sites for hydroxylation is 1. The summed E-state index contributed by atoms with van der Waals surface area (Å²) >= 11 is 0. The average molecular weight is 517 g/mol. The molecule has 0 aliphatic heterocycles. The third-order valence-electron chi connectivity index (χ3n) is 6.34. The van der Waals surface area contributed by atoms with Gasteiger partial charge in [-0.3, -0.25) is 4.79 Å². The second-order valence-electron chi connectivity index (χ2n) is 9.17. The van der Waals surface area contributed by atoms with Crippen molar-refractivity contribution in [3.8, 4) is 40.1 Å². The van der Waals surface area contributed by atoms with E-state index in [9.17, 15) is 9.90 Å². The van der Waals surface area contributed by atoms with Gasteiger partial charge in [0.05, 0.1) is 21.3 Å². The van der Waals surface area contributed by atoms with Crippen LogP contribution in [0.3, 0.4) is 0 Å². The van der Waals surface area contributed by atoms with Crippen LogP contribution in [0, 0.1) is 6.92 Å². The van der Waals surface area contributed by atoms with E-state index in [0.717, 1.165) is 16.7 Å². The lowest BCUT2D eigenvalue weighted by Crippen LogP contribution is -2.11. The van der Waals surface area contributed by atoms with Crippen molar-refractivity contribution in [3.63, 3.8) is 0 Å². The first-order valence-electron chi connectivity index (χ1n) is 12.2. The zero-order valence-electron chi connectivity index (χ0n) is 22.5. The van der Waals surface area contributed by atoms with Crippen LogP contribution < -0.4 is 24.4 Å². The fourth-order valence-corrected chi connectivity index (χ4v) is 4.26.